The van der Waals surface area contributed by atoms with E-state index in [-0.39, 0.29) is 0 Å². The Labute approximate surface area is 90.0 Å². The van der Waals surface area contributed by atoms with Crippen molar-refractivity contribution in [3.63, 3.8) is 0 Å². The van der Waals surface area contributed by atoms with Crippen molar-refractivity contribution < 1.29 is 0 Å². The second-order valence-corrected chi connectivity index (χ2v) is 3.96. The molecule has 0 atom stereocenters. The molecule has 15 heavy (non-hydrogen) atoms. The van der Waals surface area contributed by atoms with Gasteiger partial charge in [-0.1, -0.05) is 0 Å². The number of fused-ring (bicyclic) bond motifs is 1. The van der Waals surface area contributed by atoms with Crippen LogP contribution < -0.4 is 5.73 Å². The zero-order valence-corrected chi connectivity index (χ0v) is 8.61. The highest BCUT2D eigenvalue weighted by atomic mass is 32.1. The van der Waals surface area contributed by atoms with Crippen LogP contribution in [0.15, 0.2) is 35.4 Å². The predicted molar refractivity (Wildman–Crippen MR) is 60.7 cm³/mol. The molecule has 0 unspecified atom stereocenters. The van der Waals surface area contributed by atoms with Gasteiger partial charge < -0.3 is 10.1 Å². The number of anilines is 1. The van der Waals surface area contributed by atoms with E-state index in [4.69, 9.17) is 5.73 Å². The minimum atomic E-state index is 0.462. The molecule has 5 heteroatoms. The van der Waals surface area contributed by atoms with Crippen LogP contribution in [0.1, 0.15) is 0 Å². The Bertz CT molecular complexity index is 597. The van der Waals surface area contributed by atoms with E-state index in [1.807, 2.05) is 33.6 Å². The Balaban J connectivity index is 2.29. The molecule has 0 aromatic carbocycles. The van der Waals surface area contributed by atoms with Crippen molar-refractivity contribution in [1.82, 2.24) is 14.4 Å². The zero-order chi connectivity index (χ0) is 10.3. The quantitative estimate of drug-likeness (QED) is 0.677. The Morgan fingerprint density at radius 3 is 3.13 bits per heavy atom. The number of nitrogens with two attached hydrogens (primary N) is 1. The van der Waals surface area contributed by atoms with Crippen LogP contribution in [0.2, 0.25) is 0 Å². The topological polar surface area (TPSA) is 56.2 Å². The highest BCUT2D eigenvalue weighted by Gasteiger charge is 2.05. The van der Waals surface area contributed by atoms with E-state index in [0.29, 0.717) is 11.5 Å². The Morgan fingerprint density at radius 1 is 1.40 bits per heavy atom. The molecule has 0 amide bonds. The van der Waals surface area contributed by atoms with E-state index in [2.05, 4.69) is 9.97 Å². The van der Waals surface area contributed by atoms with Gasteiger partial charge in [0.1, 0.15) is 0 Å². The fourth-order valence-corrected chi connectivity index (χ4v) is 2.15. The van der Waals surface area contributed by atoms with Gasteiger partial charge in [-0.2, -0.15) is 11.3 Å². The summed E-state index contributed by atoms with van der Waals surface area (Å²) >= 11 is 1.64. The van der Waals surface area contributed by atoms with E-state index >= 15 is 0 Å². The van der Waals surface area contributed by atoms with Gasteiger partial charge in [0.15, 0.2) is 11.5 Å². The number of hydrogen-bond donors (Lipinski definition) is 1. The van der Waals surface area contributed by atoms with Crippen LogP contribution in [0.5, 0.6) is 0 Å². The number of rotatable bonds is 1. The average Bonchev–Trinajstić information content (AvgIpc) is 2.88. The van der Waals surface area contributed by atoms with Crippen LogP contribution in [-0.2, 0) is 0 Å². The van der Waals surface area contributed by atoms with Gasteiger partial charge in [0.25, 0.3) is 0 Å². The second-order valence-electron chi connectivity index (χ2n) is 3.18. The molecule has 0 radical (unpaired) electrons. The van der Waals surface area contributed by atoms with Gasteiger partial charge in [0, 0.05) is 29.5 Å². The van der Waals surface area contributed by atoms with Crippen molar-refractivity contribution in [2.24, 2.45) is 0 Å². The lowest BCUT2D eigenvalue weighted by molar-refractivity contribution is 1.14. The maximum absolute atomic E-state index is 5.82. The number of imidazole rings is 1. The van der Waals surface area contributed by atoms with E-state index in [1.54, 1.807) is 17.5 Å². The SMILES string of the molecule is Nc1nc(-c2ccsc2)cn2ccnc12. The molecule has 3 heterocycles. The van der Waals surface area contributed by atoms with E-state index < -0.39 is 0 Å². The largest absolute Gasteiger partial charge is 0.381 e. The summed E-state index contributed by atoms with van der Waals surface area (Å²) in [5.74, 6) is 0.462. The summed E-state index contributed by atoms with van der Waals surface area (Å²) in [6, 6.07) is 2.02. The zero-order valence-electron chi connectivity index (χ0n) is 7.79. The van der Waals surface area contributed by atoms with Crippen molar-refractivity contribution >= 4 is 22.8 Å². The van der Waals surface area contributed by atoms with Crippen molar-refractivity contribution in [3.8, 4) is 11.3 Å². The summed E-state index contributed by atoms with van der Waals surface area (Å²) in [4.78, 5) is 8.44. The normalized spacial score (nSPS) is 10.9. The Hall–Kier alpha value is -1.88. The smallest absolute Gasteiger partial charge is 0.179 e. The highest BCUT2D eigenvalue weighted by molar-refractivity contribution is 7.08. The molecule has 4 nitrogen and oxygen atoms in total. The first-order chi connectivity index (χ1) is 7.34. The lowest BCUT2D eigenvalue weighted by Gasteiger charge is -2.01. The van der Waals surface area contributed by atoms with Crippen LogP contribution in [0.3, 0.4) is 0 Å². The molecule has 0 bridgehead atoms. The monoisotopic (exact) mass is 216 g/mol. The lowest BCUT2D eigenvalue weighted by Crippen LogP contribution is -1.98. The molecule has 3 aromatic heterocycles. The summed E-state index contributed by atoms with van der Waals surface area (Å²) in [7, 11) is 0. The molecule has 3 aromatic rings. The number of hydrogen-bond acceptors (Lipinski definition) is 4. The van der Waals surface area contributed by atoms with Gasteiger partial charge in [-0.15, -0.1) is 0 Å². The molecule has 74 valence electrons. The molecule has 0 aliphatic rings. The number of nitrogens with zero attached hydrogens (tertiary/aromatic N) is 3. The summed E-state index contributed by atoms with van der Waals surface area (Å²) in [6.07, 6.45) is 5.51. The summed E-state index contributed by atoms with van der Waals surface area (Å²) in [6.45, 7) is 0. The minimum Gasteiger partial charge on any atom is -0.381 e. The van der Waals surface area contributed by atoms with Gasteiger partial charge >= 0.3 is 0 Å². The Morgan fingerprint density at radius 2 is 2.33 bits per heavy atom. The molecular weight excluding hydrogens is 208 g/mol. The summed E-state index contributed by atoms with van der Waals surface area (Å²) in [5.41, 5.74) is 8.48. The molecule has 3 rings (SSSR count). The maximum atomic E-state index is 5.82. The van der Waals surface area contributed by atoms with Gasteiger partial charge in [-0.05, 0) is 11.4 Å². The van der Waals surface area contributed by atoms with Crippen molar-refractivity contribution in [2.45, 2.75) is 0 Å². The molecule has 0 spiro atoms. The third-order valence-corrected chi connectivity index (χ3v) is 2.90. The van der Waals surface area contributed by atoms with Crippen LogP contribution in [0.4, 0.5) is 5.82 Å². The fourth-order valence-electron chi connectivity index (χ4n) is 1.51. The first-order valence-electron chi connectivity index (χ1n) is 4.46. The first kappa shape index (κ1) is 8.43. The van der Waals surface area contributed by atoms with Crippen molar-refractivity contribution in [1.29, 1.82) is 0 Å². The standard InChI is InChI=1S/C10H8N4S/c11-9-10-12-2-3-14(10)5-8(13-9)7-1-4-15-6-7/h1-6H,(H2,11,13). The molecule has 0 aliphatic carbocycles. The summed E-state index contributed by atoms with van der Waals surface area (Å²) < 4.78 is 1.88. The van der Waals surface area contributed by atoms with Gasteiger partial charge in [-0.3, -0.25) is 0 Å². The highest BCUT2D eigenvalue weighted by Crippen LogP contribution is 2.22. The molecule has 0 fully saturated rings. The van der Waals surface area contributed by atoms with Gasteiger partial charge in [0.2, 0.25) is 0 Å². The van der Waals surface area contributed by atoms with Crippen LogP contribution in [0, 0.1) is 0 Å². The van der Waals surface area contributed by atoms with Crippen LogP contribution in [-0.4, -0.2) is 14.4 Å². The molecular formula is C10H8N4S. The van der Waals surface area contributed by atoms with E-state index in [0.717, 1.165) is 11.3 Å². The molecule has 0 saturated carbocycles. The first-order valence-corrected chi connectivity index (χ1v) is 5.40. The molecule has 0 saturated heterocycles. The molecule has 0 aliphatic heterocycles. The van der Waals surface area contributed by atoms with E-state index in [1.165, 1.54) is 0 Å². The van der Waals surface area contributed by atoms with Crippen molar-refractivity contribution in [3.05, 3.63) is 35.4 Å². The molecule has 2 N–H and O–H groups in total. The van der Waals surface area contributed by atoms with E-state index in [9.17, 15) is 0 Å². The van der Waals surface area contributed by atoms with Gasteiger partial charge in [-0.25, -0.2) is 9.97 Å². The summed E-state index contributed by atoms with van der Waals surface area (Å²) in [5, 5.41) is 4.07. The van der Waals surface area contributed by atoms with Crippen molar-refractivity contribution in [2.75, 3.05) is 5.73 Å². The number of thiophene rings is 1. The van der Waals surface area contributed by atoms with Crippen LogP contribution >= 0.6 is 11.3 Å². The minimum absolute atomic E-state index is 0.462. The predicted octanol–water partition coefficient (Wildman–Crippen LogP) is 2.04. The third kappa shape index (κ3) is 1.28. The maximum Gasteiger partial charge on any atom is 0.179 e. The second kappa shape index (κ2) is 3.06. The third-order valence-electron chi connectivity index (χ3n) is 2.22. The average molecular weight is 216 g/mol. The van der Waals surface area contributed by atoms with Gasteiger partial charge in [0.05, 0.1) is 5.69 Å². The lowest BCUT2D eigenvalue weighted by atomic mass is 10.2. The number of nitrogen functional groups attached to an aromatic ring is 1. The number of aromatic nitrogens is 3. The van der Waals surface area contributed by atoms with Crippen LogP contribution in [0.25, 0.3) is 16.9 Å². The fraction of sp³-hybridized carbons (Fsp3) is 0. The Kier molecular flexibility index (Phi) is 1.72.